The molecule has 3 rings (SSSR count). The van der Waals surface area contributed by atoms with E-state index in [1.165, 1.54) is 16.4 Å². The summed E-state index contributed by atoms with van der Waals surface area (Å²) in [5.41, 5.74) is 0.670. The molecule has 0 aliphatic carbocycles. The van der Waals surface area contributed by atoms with Crippen LogP contribution in [0.5, 0.6) is 0 Å². The topological polar surface area (TPSA) is 69.7 Å². The molecule has 1 aliphatic heterocycles. The fraction of sp³-hybridized carbons (Fsp3) is 0.316. The first kappa shape index (κ1) is 21.1. The number of rotatable bonds is 5. The molecule has 28 heavy (non-hydrogen) atoms. The molecule has 1 atom stereocenters. The molecule has 2 aromatic rings. The van der Waals surface area contributed by atoms with Crippen LogP contribution in [0.2, 0.25) is 10.0 Å². The van der Waals surface area contributed by atoms with Gasteiger partial charge in [-0.25, -0.2) is 8.42 Å². The molecule has 1 N–H and O–H groups in total. The Hall–Kier alpha value is -1.64. The van der Waals surface area contributed by atoms with Gasteiger partial charge in [-0.05, 0) is 49.4 Å². The zero-order valence-corrected chi connectivity index (χ0v) is 17.6. The summed E-state index contributed by atoms with van der Waals surface area (Å²) in [5.74, 6) is -0.145. The Kier molecular flexibility index (Phi) is 6.62. The lowest BCUT2D eigenvalue weighted by Gasteiger charge is -2.36. The van der Waals surface area contributed by atoms with Gasteiger partial charge in [-0.2, -0.15) is 4.31 Å². The molecule has 1 saturated heterocycles. The molecule has 1 heterocycles. The number of sulfonamides is 1. The van der Waals surface area contributed by atoms with E-state index in [-0.39, 0.29) is 16.8 Å². The molecule has 1 amide bonds. The van der Waals surface area contributed by atoms with E-state index in [0.717, 1.165) is 0 Å². The maximum Gasteiger partial charge on any atom is 0.243 e. The second kappa shape index (κ2) is 8.80. The minimum atomic E-state index is -3.60. The van der Waals surface area contributed by atoms with E-state index >= 15 is 0 Å². The first-order valence-corrected chi connectivity index (χ1v) is 11.0. The van der Waals surface area contributed by atoms with Gasteiger partial charge in [0.25, 0.3) is 0 Å². The highest BCUT2D eigenvalue weighted by molar-refractivity contribution is 7.89. The molecule has 2 aromatic carbocycles. The van der Waals surface area contributed by atoms with E-state index in [0.29, 0.717) is 41.9 Å². The largest absolute Gasteiger partial charge is 0.325 e. The van der Waals surface area contributed by atoms with Crippen molar-refractivity contribution in [2.75, 3.05) is 31.5 Å². The highest BCUT2D eigenvalue weighted by Gasteiger charge is 2.31. The summed E-state index contributed by atoms with van der Waals surface area (Å²) in [6, 6.07) is 12.8. The van der Waals surface area contributed by atoms with Crippen LogP contribution in [-0.4, -0.2) is 55.8 Å². The summed E-state index contributed by atoms with van der Waals surface area (Å²) >= 11 is 11.8. The molecule has 1 fully saturated rings. The Morgan fingerprint density at radius 1 is 1.00 bits per heavy atom. The predicted molar refractivity (Wildman–Crippen MR) is 111 cm³/mol. The molecular weight excluding hydrogens is 421 g/mol. The van der Waals surface area contributed by atoms with Crippen LogP contribution in [0, 0.1) is 0 Å². The van der Waals surface area contributed by atoms with Crippen molar-refractivity contribution in [3.05, 3.63) is 58.6 Å². The SMILES string of the molecule is CC(C(=O)Nc1ccc(Cl)cc1)N1CCN(S(=O)(=O)c2cccc(Cl)c2)CC1. The Morgan fingerprint density at radius 3 is 2.25 bits per heavy atom. The zero-order chi connectivity index (χ0) is 20.3. The van der Waals surface area contributed by atoms with Crippen molar-refractivity contribution >= 4 is 44.8 Å². The number of carbonyl (C=O) groups is 1. The fourth-order valence-corrected chi connectivity index (χ4v) is 4.90. The summed E-state index contributed by atoms with van der Waals surface area (Å²) in [4.78, 5) is 14.7. The van der Waals surface area contributed by atoms with Crippen molar-refractivity contribution in [3.8, 4) is 0 Å². The highest BCUT2D eigenvalue weighted by atomic mass is 35.5. The third kappa shape index (κ3) is 4.85. The first-order valence-electron chi connectivity index (χ1n) is 8.83. The van der Waals surface area contributed by atoms with Gasteiger partial charge in [0.15, 0.2) is 0 Å². The molecular formula is C19H21Cl2N3O3S. The molecule has 0 aromatic heterocycles. The Labute approximate surface area is 175 Å². The van der Waals surface area contributed by atoms with Crippen LogP contribution in [0.3, 0.4) is 0 Å². The Balaban J connectivity index is 1.59. The number of piperazine rings is 1. The summed E-state index contributed by atoms with van der Waals surface area (Å²) in [7, 11) is -3.60. The van der Waals surface area contributed by atoms with E-state index in [1.54, 1.807) is 36.4 Å². The van der Waals surface area contributed by atoms with Gasteiger partial charge in [0.2, 0.25) is 15.9 Å². The van der Waals surface area contributed by atoms with Crippen LogP contribution < -0.4 is 5.32 Å². The van der Waals surface area contributed by atoms with E-state index < -0.39 is 10.0 Å². The number of halogens is 2. The molecule has 0 radical (unpaired) electrons. The van der Waals surface area contributed by atoms with Gasteiger partial charge >= 0.3 is 0 Å². The van der Waals surface area contributed by atoms with Gasteiger partial charge in [-0.15, -0.1) is 0 Å². The number of nitrogens with one attached hydrogen (secondary N) is 1. The van der Waals surface area contributed by atoms with E-state index in [2.05, 4.69) is 5.32 Å². The van der Waals surface area contributed by atoms with Crippen molar-refractivity contribution < 1.29 is 13.2 Å². The lowest BCUT2D eigenvalue weighted by molar-refractivity contribution is -0.121. The van der Waals surface area contributed by atoms with Gasteiger partial charge in [-0.3, -0.25) is 9.69 Å². The minimum Gasteiger partial charge on any atom is -0.325 e. The first-order chi connectivity index (χ1) is 13.3. The lowest BCUT2D eigenvalue weighted by Crippen LogP contribution is -2.53. The molecule has 1 aliphatic rings. The number of hydrogen-bond donors (Lipinski definition) is 1. The number of hydrogen-bond acceptors (Lipinski definition) is 4. The molecule has 0 saturated carbocycles. The summed E-state index contributed by atoms with van der Waals surface area (Å²) < 4.78 is 27.0. The van der Waals surface area contributed by atoms with Crippen LogP contribution in [0.4, 0.5) is 5.69 Å². The maximum atomic E-state index is 12.8. The van der Waals surface area contributed by atoms with Crippen LogP contribution in [0.25, 0.3) is 0 Å². The smallest absolute Gasteiger partial charge is 0.243 e. The normalized spacial score (nSPS) is 17.2. The quantitative estimate of drug-likeness (QED) is 0.772. The van der Waals surface area contributed by atoms with Crippen molar-refractivity contribution in [2.45, 2.75) is 17.9 Å². The van der Waals surface area contributed by atoms with Crippen molar-refractivity contribution in [1.29, 1.82) is 0 Å². The average molecular weight is 442 g/mol. The highest BCUT2D eigenvalue weighted by Crippen LogP contribution is 2.21. The summed E-state index contributed by atoms with van der Waals surface area (Å²) in [6.07, 6.45) is 0. The molecule has 9 heteroatoms. The molecule has 1 unspecified atom stereocenters. The third-order valence-corrected chi connectivity index (χ3v) is 7.13. The van der Waals surface area contributed by atoms with Crippen molar-refractivity contribution in [1.82, 2.24) is 9.21 Å². The number of benzene rings is 2. The van der Waals surface area contributed by atoms with Gasteiger partial charge in [0.05, 0.1) is 10.9 Å². The summed E-state index contributed by atoms with van der Waals surface area (Å²) in [5, 5.41) is 3.84. The van der Waals surface area contributed by atoms with Gasteiger partial charge < -0.3 is 5.32 Å². The maximum absolute atomic E-state index is 12.8. The minimum absolute atomic E-state index is 0.145. The number of carbonyl (C=O) groups excluding carboxylic acids is 1. The standard InChI is InChI=1S/C19H21Cl2N3O3S/c1-14(19(25)22-17-7-5-15(20)6-8-17)23-9-11-24(12-10-23)28(26,27)18-4-2-3-16(21)13-18/h2-8,13-14H,9-12H2,1H3,(H,22,25). The fourth-order valence-electron chi connectivity index (χ4n) is 3.05. The molecule has 6 nitrogen and oxygen atoms in total. The van der Waals surface area contributed by atoms with Gasteiger partial charge in [-0.1, -0.05) is 29.3 Å². The van der Waals surface area contributed by atoms with E-state index in [4.69, 9.17) is 23.2 Å². The van der Waals surface area contributed by atoms with Crippen LogP contribution in [0.15, 0.2) is 53.4 Å². The second-order valence-electron chi connectivity index (χ2n) is 6.57. The zero-order valence-electron chi connectivity index (χ0n) is 15.3. The third-order valence-electron chi connectivity index (χ3n) is 4.75. The number of amides is 1. The molecule has 0 spiro atoms. The van der Waals surface area contributed by atoms with E-state index in [1.807, 2.05) is 11.8 Å². The second-order valence-corrected chi connectivity index (χ2v) is 9.38. The predicted octanol–water partition coefficient (Wildman–Crippen LogP) is 3.33. The van der Waals surface area contributed by atoms with Crippen LogP contribution in [-0.2, 0) is 14.8 Å². The van der Waals surface area contributed by atoms with Crippen molar-refractivity contribution in [3.63, 3.8) is 0 Å². The van der Waals surface area contributed by atoms with Gasteiger partial charge in [0, 0.05) is 41.9 Å². The lowest BCUT2D eigenvalue weighted by atomic mass is 10.2. The molecule has 150 valence electrons. The number of anilines is 1. The monoisotopic (exact) mass is 441 g/mol. The Morgan fingerprint density at radius 2 is 1.64 bits per heavy atom. The Bertz CT molecular complexity index is 943. The summed E-state index contributed by atoms with van der Waals surface area (Å²) in [6.45, 7) is 3.37. The van der Waals surface area contributed by atoms with Crippen LogP contribution >= 0.6 is 23.2 Å². The van der Waals surface area contributed by atoms with E-state index in [9.17, 15) is 13.2 Å². The average Bonchev–Trinajstić information content (AvgIpc) is 2.69. The van der Waals surface area contributed by atoms with Gasteiger partial charge in [0.1, 0.15) is 0 Å². The van der Waals surface area contributed by atoms with Crippen molar-refractivity contribution in [2.24, 2.45) is 0 Å². The van der Waals surface area contributed by atoms with Crippen LogP contribution in [0.1, 0.15) is 6.92 Å². The number of nitrogens with zero attached hydrogens (tertiary/aromatic N) is 2. The molecule has 0 bridgehead atoms.